The van der Waals surface area contributed by atoms with E-state index in [1.807, 2.05) is 29.7 Å². The number of nitrogens with one attached hydrogen (secondary N) is 2. The summed E-state index contributed by atoms with van der Waals surface area (Å²) in [5, 5.41) is 18.2. The normalized spacial score (nSPS) is 14.9. The van der Waals surface area contributed by atoms with Crippen molar-refractivity contribution in [3.63, 3.8) is 0 Å². The van der Waals surface area contributed by atoms with Crippen LogP contribution in [0.3, 0.4) is 0 Å². The number of benzene rings is 1. The molecule has 0 saturated carbocycles. The molecule has 0 amide bonds. The first kappa shape index (κ1) is 22.7. The Morgan fingerprint density at radius 1 is 1.29 bits per heavy atom. The predicted octanol–water partition coefficient (Wildman–Crippen LogP) is 0.881. The molecule has 1 saturated heterocycles. The number of H-pyrrole nitrogens is 1. The van der Waals surface area contributed by atoms with E-state index < -0.39 is 0 Å². The predicted molar refractivity (Wildman–Crippen MR) is 136 cm³/mol. The molecule has 0 unspecified atom stereocenters. The number of aromatic amines is 1. The van der Waals surface area contributed by atoms with Crippen LogP contribution in [-0.2, 0) is 6.54 Å². The van der Waals surface area contributed by atoms with Crippen molar-refractivity contribution >= 4 is 28.1 Å². The van der Waals surface area contributed by atoms with Gasteiger partial charge in [-0.2, -0.15) is 5.10 Å². The number of fused-ring (bicyclic) bond motifs is 1. The number of nitrogens with zero attached hydrogens (tertiary/aromatic N) is 5. The number of nitrogens with two attached hydrogens (primary N) is 2. The van der Waals surface area contributed by atoms with E-state index in [4.69, 9.17) is 11.1 Å². The Labute approximate surface area is 202 Å². The fourth-order valence-electron chi connectivity index (χ4n) is 4.91. The number of hydrogen-bond acceptors (Lipinski definition) is 7. The number of aryl methyl sites for hydroxylation is 1. The second-order valence-electron chi connectivity index (χ2n) is 9.12. The Kier molecular flexibility index (Phi) is 6.04. The zero-order valence-electron chi connectivity index (χ0n) is 20.0. The maximum Gasteiger partial charge on any atom is 0.259 e. The summed E-state index contributed by atoms with van der Waals surface area (Å²) in [4.78, 5) is 24.6. The lowest BCUT2D eigenvalue weighted by atomic mass is 10.0. The molecule has 1 aliphatic rings. The van der Waals surface area contributed by atoms with Crippen LogP contribution in [0.15, 0.2) is 47.8 Å². The van der Waals surface area contributed by atoms with E-state index in [0.29, 0.717) is 29.2 Å². The van der Waals surface area contributed by atoms with Crippen LogP contribution in [0.1, 0.15) is 41.3 Å². The van der Waals surface area contributed by atoms with Gasteiger partial charge < -0.3 is 20.5 Å². The van der Waals surface area contributed by atoms with E-state index in [9.17, 15) is 4.79 Å². The Balaban J connectivity index is 1.55. The van der Waals surface area contributed by atoms with E-state index >= 15 is 0 Å². The average molecular weight is 473 g/mol. The molecule has 6 N–H and O–H groups in total. The lowest BCUT2D eigenvalue weighted by Gasteiger charge is -2.32. The summed E-state index contributed by atoms with van der Waals surface area (Å²) in [6.45, 7) is 4.29. The average Bonchev–Trinajstić information content (AvgIpc) is 3.38. The molecule has 180 valence electrons. The first-order valence-corrected chi connectivity index (χ1v) is 11.7. The summed E-state index contributed by atoms with van der Waals surface area (Å²) in [7, 11) is 2.12. The van der Waals surface area contributed by atoms with E-state index in [2.05, 4.69) is 43.5 Å². The maximum absolute atomic E-state index is 13.8. The van der Waals surface area contributed by atoms with Crippen LogP contribution in [0.2, 0.25) is 0 Å². The largest absolute Gasteiger partial charge is 0.383 e. The van der Waals surface area contributed by atoms with E-state index in [0.717, 1.165) is 48.0 Å². The molecule has 3 aromatic heterocycles. The quantitative estimate of drug-likeness (QED) is 0.305. The molecule has 0 radical (unpaired) electrons. The Bertz CT molecular complexity index is 1430. The Morgan fingerprint density at radius 3 is 2.83 bits per heavy atom. The number of hydrogen-bond donors (Lipinski definition) is 4. The van der Waals surface area contributed by atoms with E-state index in [1.165, 1.54) is 6.33 Å². The lowest BCUT2D eigenvalue weighted by molar-refractivity contribution is -0.111. The van der Waals surface area contributed by atoms with Gasteiger partial charge in [-0.25, -0.2) is 9.97 Å². The maximum atomic E-state index is 13.8. The van der Waals surface area contributed by atoms with Crippen LogP contribution in [0.4, 0.5) is 11.6 Å². The molecule has 0 spiro atoms. The SMILES string of the molecule is Cc1cccc2cc(CNc3ncnc(N)c3C(=[NH2+])c3cn[nH]c3)n(C3CCN(C)CC3)c(=O)c12. The van der Waals surface area contributed by atoms with Gasteiger partial charge >= 0.3 is 0 Å². The van der Waals surface area contributed by atoms with Gasteiger partial charge in [-0.05, 0) is 56.9 Å². The second-order valence-corrected chi connectivity index (χ2v) is 9.12. The minimum absolute atomic E-state index is 0.0545. The van der Waals surface area contributed by atoms with Gasteiger partial charge in [0.05, 0.1) is 23.7 Å². The van der Waals surface area contributed by atoms with Crippen molar-refractivity contribution in [3.05, 3.63) is 75.7 Å². The molecular weight excluding hydrogens is 442 g/mol. The molecule has 35 heavy (non-hydrogen) atoms. The van der Waals surface area contributed by atoms with Crippen LogP contribution >= 0.6 is 0 Å². The molecule has 1 fully saturated rings. The molecule has 10 heteroatoms. The molecule has 4 aromatic rings. The van der Waals surface area contributed by atoms with Crippen molar-refractivity contribution in [2.24, 2.45) is 0 Å². The smallest absolute Gasteiger partial charge is 0.259 e. The monoisotopic (exact) mass is 472 g/mol. The van der Waals surface area contributed by atoms with Crippen LogP contribution < -0.4 is 22.0 Å². The molecule has 1 aromatic carbocycles. The van der Waals surface area contributed by atoms with E-state index in [1.54, 1.807) is 12.4 Å². The standard InChI is InChI=1S/C25H29N9O/c1-15-4-3-5-16-10-19(34(25(35)20(15)16)18-6-8-33(2)9-7-18)13-28-24-21(23(27)29-14-30-24)22(26)17-11-31-32-12-17/h3-5,10-12,14,18,26H,6-9,13H2,1-2H3,(H,31,32)(H3,27,28,29,30)/p+1. The summed E-state index contributed by atoms with van der Waals surface area (Å²) in [6.07, 6.45) is 6.56. The first-order valence-electron chi connectivity index (χ1n) is 11.7. The number of likely N-dealkylation sites (tertiary alicyclic amines) is 1. The van der Waals surface area contributed by atoms with Crippen LogP contribution in [-0.4, -0.2) is 55.5 Å². The zero-order valence-corrected chi connectivity index (χ0v) is 20.0. The van der Waals surface area contributed by atoms with Crippen LogP contribution in [0, 0.1) is 6.92 Å². The third kappa shape index (κ3) is 4.28. The Hall–Kier alpha value is -4.05. The fourth-order valence-corrected chi connectivity index (χ4v) is 4.91. The highest BCUT2D eigenvalue weighted by molar-refractivity contribution is 6.14. The van der Waals surface area contributed by atoms with Crippen molar-refractivity contribution in [1.82, 2.24) is 29.6 Å². The number of anilines is 2. The van der Waals surface area contributed by atoms with Crippen molar-refractivity contribution in [1.29, 1.82) is 0 Å². The molecule has 0 atom stereocenters. The molecular formula is C25H30N9O+. The number of piperidine rings is 1. The van der Waals surface area contributed by atoms with Gasteiger partial charge in [0.25, 0.3) is 5.56 Å². The van der Waals surface area contributed by atoms with Gasteiger partial charge in [-0.3, -0.25) is 15.3 Å². The fraction of sp³-hybridized carbons (Fsp3) is 0.320. The van der Waals surface area contributed by atoms with Gasteiger partial charge in [0.15, 0.2) is 0 Å². The van der Waals surface area contributed by atoms with Gasteiger partial charge in [-0.1, -0.05) is 18.2 Å². The molecule has 4 heterocycles. The molecule has 1 aliphatic heterocycles. The number of nitrogen functional groups attached to an aromatic ring is 1. The molecule has 0 aliphatic carbocycles. The highest BCUT2D eigenvalue weighted by Gasteiger charge is 2.25. The highest BCUT2D eigenvalue weighted by atomic mass is 16.1. The number of pyridine rings is 1. The van der Waals surface area contributed by atoms with Gasteiger partial charge in [0.1, 0.15) is 23.5 Å². The molecule has 10 nitrogen and oxygen atoms in total. The summed E-state index contributed by atoms with van der Waals surface area (Å²) in [5.41, 5.74) is 9.75. The van der Waals surface area contributed by atoms with Crippen molar-refractivity contribution in [3.8, 4) is 0 Å². The number of rotatable bonds is 6. The summed E-state index contributed by atoms with van der Waals surface area (Å²) >= 11 is 0. The molecule has 0 bridgehead atoms. The van der Waals surface area contributed by atoms with Crippen LogP contribution in [0.5, 0.6) is 0 Å². The topological polar surface area (TPSA) is 143 Å². The van der Waals surface area contributed by atoms with Crippen molar-refractivity contribution in [2.45, 2.75) is 32.4 Å². The number of aromatic nitrogens is 5. The highest BCUT2D eigenvalue weighted by Crippen LogP contribution is 2.26. The summed E-state index contributed by atoms with van der Waals surface area (Å²) in [6, 6.07) is 8.20. The second kappa shape index (κ2) is 9.30. The first-order chi connectivity index (χ1) is 16.9. The lowest BCUT2D eigenvalue weighted by Crippen LogP contribution is -2.42. The van der Waals surface area contributed by atoms with Crippen LogP contribution in [0.25, 0.3) is 10.8 Å². The van der Waals surface area contributed by atoms with Crippen molar-refractivity contribution < 1.29 is 5.41 Å². The van der Waals surface area contributed by atoms with Crippen molar-refractivity contribution in [2.75, 3.05) is 31.2 Å². The van der Waals surface area contributed by atoms with Gasteiger partial charge in [-0.15, -0.1) is 0 Å². The zero-order chi connectivity index (χ0) is 24.5. The van der Waals surface area contributed by atoms with E-state index in [-0.39, 0.29) is 17.4 Å². The third-order valence-corrected chi connectivity index (χ3v) is 6.81. The molecule has 5 rings (SSSR count). The summed E-state index contributed by atoms with van der Waals surface area (Å²) in [5.74, 6) is 0.769. The third-order valence-electron chi connectivity index (χ3n) is 6.81. The Morgan fingerprint density at radius 2 is 2.09 bits per heavy atom. The minimum Gasteiger partial charge on any atom is -0.383 e. The van der Waals surface area contributed by atoms with Gasteiger partial charge in [0.2, 0.25) is 5.71 Å². The summed E-state index contributed by atoms with van der Waals surface area (Å²) < 4.78 is 1.97. The minimum atomic E-state index is 0.0545. The van der Waals surface area contributed by atoms with Gasteiger partial charge in [0, 0.05) is 17.9 Å².